The third-order valence-corrected chi connectivity index (χ3v) is 2.08. The van der Waals surface area contributed by atoms with Crippen molar-refractivity contribution in [3.05, 3.63) is 53.9 Å². The van der Waals surface area contributed by atoms with Gasteiger partial charge in [-0.15, -0.1) is 0 Å². The Bertz CT molecular complexity index is 497. The second kappa shape index (κ2) is 3.93. The average molecular weight is 201 g/mol. The van der Waals surface area contributed by atoms with Crippen molar-refractivity contribution in [1.82, 2.24) is 9.55 Å². The van der Waals surface area contributed by atoms with Gasteiger partial charge in [-0.3, -0.25) is 0 Å². The molecule has 0 atom stereocenters. The second-order valence-electron chi connectivity index (χ2n) is 3.16. The van der Waals surface area contributed by atoms with Crippen molar-refractivity contribution in [2.75, 3.05) is 0 Å². The number of aromatic nitrogens is 2. The zero-order chi connectivity index (χ0) is 10.7. The van der Waals surface area contributed by atoms with E-state index in [-0.39, 0.29) is 5.56 Å². The van der Waals surface area contributed by atoms with Gasteiger partial charge in [0, 0.05) is 18.9 Å². The lowest BCUT2D eigenvalue weighted by atomic mass is 10.1. The molecule has 74 valence electrons. The van der Waals surface area contributed by atoms with Crippen LogP contribution in [0, 0.1) is 17.1 Å². The summed E-state index contributed by atoms with van der Waals surface area (Å²) in [6.07, 6.45) is 5.17. The normalized spacial score (nSPS) is 9.87. The maximum absolute atomic E-state index is 13.0. The first kappa shape index (κ1) is 9.41. The van der Waals surface area contributed by atoms with Gasteiger partial charge in [0.2, 0.25) is 0 Å². The van der Waals surface area contributed by atoms with Crippen molar-refractivity contribution in [3.8, 4) is 6.07 Å². The van der Waals surface area contributed by atoms with Crippen molar-refractivity contribution in [2.24, 2.45) is 0 Å². The van der Waals surface area contributed by atoms with Gasteiger partial charge in [-0.25, -0.2) is 9.37 Å². The van der Waals surface area contributed by atoms with Crippen molar-refractivity contribution < 1.29 is 4.39 Å². The quantitative estimate of drug-likeness (QED) is 0.745. The van der Waals surface area contributed by atoms with E-state index in [2.05, 4.69) is 4.98 Å². The molecule has 2 aromatic rings. The standard InChI is InChI=1S/C11H8FN3/c12-11-2-1-9(5-10(11)6-13)7-15-4-3-14-8-15/h1-5,8H,7H2. The molecule has 0 saturated carbocycles. The zero-order valence-electron chi connectivity index (χ0n) is 7.89. The summed E-state index contributed by atoms with van der Waals surface area (Å²) in [4.78, 5) is 3.90. The van der Waals surface area contributed by atoms with Crippen LogP contribution in [0.25, 0.3) is 0 Å². The number of imidazole rings is 1. The molecule has 3 nitrogen and oxygen atoms in total. The lowest BCUT2D eigenvalue weighted by Crippen LogP contribution is -1.97. The maximum atomic E-state index is 13.0. The van der Waals surface area contributed by atoms with Crippen LogP contribution in [-0.4, -0.2) is 9.55 Å². The largest absolute Gasteiger partial charge is 0.333 e. The lowest BCUT2D eigenvalue weighted by molar-refractivity contribution is 0.622. The monoisotopic (exact) mass is 201 g/mol. The number of halogens is 1. The van der Waals surface area contributed by atoms with E-state index in [0.29, 0.717) is 6.54 Å². The fourth-order valence-electron chi connectivity index (χ4n) is 1.35. The fraction of sp³-hybridized carbons (Fsp3) is 0.0909. The van der Waals surface area contributed by atoms with E-state index < -0.39 is 5.82 Å². The van der Waals surface area contributed by atoms with Gasteiger partial charge in [0.1, 0.15) is 11.9 Å². The molecule has 0 aliphatic rings. The van der Waals surface area contributed by atoms with E-state index in [1.54, 1.807) is 24.7 Å². The number of hydrogen-bond donors (Lipinski definition) is 0. The van der Waals surface area contributed by atoms with E-state index in [0.717, 1.165) is 5.56 Å². The van der Waals surface area contributed by atoms with Gasteiger partial charge in [0.25, 0.3) is 0 Å². The molecule has 1 aromatic carbocycles. The highest BCUT2D eigenvalue weighted by Gasteiger charge is 2.02. The van der Waals surface area contributed by atoms with Gasteiger partial charge in [-0.1, -0.05) is 6.07 Å². The molecule has 0 amide bonds. The smallest absolute Gasteiger partial charge is 0.140 e. The summed E-state index contributed by atoms with van der Waals surface area (Å²) < 4.78 is 14.9. The molecule has 0 spiro atoms. The minimum absolute atomic E-state index is 0.0765. The Morgan fingerprint density at radius 3 is 3.00 bits per heavy atom. The van der Waals surface area contributed by atoms with Crippen LogP contribution in [0.3, 0.4) is 0 Å². The molecule has 0 bridgehead atoms. The Balaban J connectivity index is 2.27. The summed E-state index contributed by atoms with van der Waals surface area (Å²) in [5, 5.41) is 8.66. The third kappa shape index (κ3) is 2.02. The van der Waals surface area contributed by atoms with Crippen molar-refractivity contribution in [1.29, 1.82) is 5.26 Å². The zero-order valence-corrected chi connectivity index (χ0v) is 7.89. The lowest BCUT2D eigenvalue weighted by Gasteiger charge is -2.03. The highest BCUT2D eigenvalue weighted by molar-refractivity contribution is 5.34. The van der Waals surface area contributed by atoms with Gasteiger partial charge >= 0.3 is 0 Å². The highest BCUT2D eigenvalue weighted by atomic mass is 19.1. The number of benzene rings is 1. The third-order valence-electron chi connectivity index (χ3n) is 2.08. The molecule has 4 heteroatoms. The summed E-state index contributed by atoms with van der Waals surface area (Å²) in [5.41, 5.74) is 0.957. The minimum atomic E-state index is -0.480. The summed E-state index contributed by atoms with van der Waals surface area (Å²) in [5.74, 6) is -0.480. The van der Waals surface area contributed by atoms with Crippen molar-refractivity contribution >= 4 is 0 Å². The SMILES string of the molecule is N#Cc1cc(Cn2ccnc2)ccc1F. The molecule has 0 fully saturated rings. The first-order valence-electron chi connectivity index (χ1n) is 4.44. The van der Waals surface area contributed by atoms with E-state index in [1.165, 1.54) is 6.07 Å². The average Bonchev–Trinajstić information content (AvgIpc) is 2.73. The Hall–Kier alpha value is -2.15. The van der Waals surface area contributed by atoms with Crippen LogP contribution in [0.4, 0.5) is 4.39 Å². The van der Waals surface area contributed by atoms with Gasteiger partial charge < -0.3 is 4.57 Å². The van der Waals surface area contributed by atoms with Crippen LogP contribution >= 0.6 is 0 Å². The van der Waals surface area contributed by atoms with Crippen LogP contribution in [0.1, 0.15) is 11.1 Å². The molecule has 0 aliphatic carbocycles. The summed E-state index contributed by atoms with van der Waals surface area (Å²) in [6, 6.07) is 6.34. The summed E-state index contributed by atoms with van der Waals surface area (Å²) in [7, 11) is 0. The summed E-state index contributed by atoms with van der Waals surface area (Å²) in [6.45, 7) is 0.592. The van der Waals surface area contributed by atoms with Gasteiger partial charge in [-0.2, -0.15) is 5.26 Å². The number of nitriles is 1. The minimum Gasteiger partial charge on any atom is -0.333 e. The first-order chi connectivity index (χ1) is 7.29. The molecular weight excluding hydrogens is 193 g/mol. The molecule has 15 heavy (non-hydrogen) atoms. The van der Waals surface area contributed by atoms with Gasteiger partial charge in [-0.05, 0) is 17.7 Å². The molecule has 0 aliphatic heterocycles. The highest BCUT2D eigenvalue weighted by Crippen LogP contribution is 2.10. The Morgan fingerprint density at radius 1 is 1.47 bits per heavy atom. The molecule has 1 aromatic heterocycles. The number of hydrogen-bond acceptors (Lipinski definition) is 2. The van der Waals surface area contributed by atoms with E-state index >= 15 is 0 Å². The summed E-state index contributed by atoms with van der Waals surface area (Å²) >= 11 is 0. The van der Waals surface area contributed by atoms with Gasteiger partial charge in [0.05, 0.1) is 11.9 Å². The molecule has 0 N–H and O–H groups in total. The van der Waals surface area contributed by atoms with Gasteiger partial charge in [0.15, 0.2) is 0 Å². The Kier molecular flexibility index (Phi) is 2.46. The number of rotatable bonds is 2. The number of nitrogens with zero attached hydrogens (tertiary/aromatic N) is 3. The maximum Gasteiger partial charge on any atom is 0.140 e. The van der Waals surface area contributed by atoms with Crippen LogP contribution < -0.4 is 0 Å². The first-order valence-corrected chi connectivity index (χ1v) is 4.44. The van der Waals surface area contributed by atoms with Crippen molar-refractivity contribution in [2.45, 2.75) is 6.54 Å². The predicted molar refractivity (Wildman–Crippen MR) is 52.4 cm³/mol. The van der Waals surface area contributed by atoms with E-state index in [4.69, 9.17) is 5.26 Å². The van der Waals surface area contributed by atoms with Crippen LogP contribution in [0.15, 0.2) is 36.9 Å². The second-order valence-corrected chi connectivity index (χ2v) is 3.16. The molecule has 1 heterocycles. The van der Waals surface area contributed by atoms with E-state index in [1.807, 2.05) is 16.8 Å². The Labute approximate surface area is 86.4 Å². The molecule has 0 saturated heterocycles. The van der Waals surface area contributed by atoms with Crippen molar-refractivity contribution in [3.63, 3.8) is 0 Å². The molecule has 2 rings (SSSR count). The van der Waals surface area contributed by atoms with Crippen LogP contribution in [0.2, 0.25) is 0 Å². The van der Waals surface area contributed by atoms with Crippen LogP contribution in [0.5, 0.6) is 0 Å². The predicted octanol–water partition coefficient (Wildman–Crippen LogP) is 1.94. The molecular formula is C11H8FN3. The Morgan fingerprint density at radius 2 is 2.33 bits per heavy atom. The topological polar surface area (TPSA) is 41.6 Å². The fourth-order valence-corrected chi connectivity index (χ4v) is 1.35. The van der Waals surface area contributed by atoms with Crippen LogP contribution in [-0.2, 0) is 6.54 Å². The molecule has 0 unspecified atom stereocenters. The van der Waals surface area contributed by atoms with E-state index in [9.17, 15) is 4.39 Å². The molecule has 0 radical (unpaired) electrons.